The predicted octanol–water partition coefficient (Wildman–Crippen LogP) is 2.33. The molecule has 1 aliphatic carbocycles. The van der Waals surface area contributed by atoms with Crippen LogP contribution in [0.4, 0.5) is 0 Å². The molecule has 0 radical (unpaired) electrons. The van der Waals surface area contributed by atoms with E-state index >= 15 is 0 Å². The number of aromatic nitrogens is 1. The lowest BCUT2D eigenvalue weighted by atomic mass is 9.90. The Bertz CT molecular complexity index is 352. The molecule has 1 aromatic heterocycles. The van der Waals surface area contributed by atoms with Crippen LogP contribution in [0.2, 0.25) is 0 Å². The normalized spacial score (nSPS) is 18.5. The molecule has 16 heavy (non-hydrogen) atoms. The van der Waals surface area contributed by atoms with E-state index in [1.807, 2.05) is 6.20 Å². The molecule has 1 aliphatic rings. The molecule has 1 atom stereocenters. The van der Waals surface area contributed by atoms with Crippen molar-refractivity contribution in [3.8, 4) is 0 Å². The standard InChI is InChI=1S/C12H18BrN3/c1-16(11-3-2-4-11)12(6-14)9-5-10(13)8-15-7-9/h5,7-8,11-12H,2-4,6,14H2,1H3. The Morgan fingerprint density at radius 1 is 1.56 bits per heavy atom. The molecule has 0 aliphatic heterocycles. The SMILES string of the molecule is CN(C1CCC1)C(CN)c1cncc(Br)c1. The van der Waals surface area contributed by atoms with Gasteiger partial charge in [-0.15, -0.1) is 0 Å². The third kappa shape index (κ3) is 2.44. The summed E-state index contributed by atoms with van der Waals surface area (Å²) in [6.07, 6.45) is 7.67. The number of likely N-dealkylation sites (N-methyl/N-ethyl adjacent to an activating group) is 1. The van der Waals surface area contributed by atoms with Crippen molar-refractivity contribution in [3.05, 3.63) is 28.5 Å². The fraction of sp³-hybridized carbons (Fsp3) is 0.583. The van der Waals surface area contributed by atoms with Gasteiger partial charge in [0, 0.05) is 35.5 Å². The van der Waals surface area contributed by atoms with Gasteiger partial charge in [0.05, 0.1) is 0 Å². The van der Waals surface area contributed by atoms with E-state index in [0.717, 1.165) is 4.47 Å². The van der Waals surface area contributed by atoms with Crippen LogP contribution in [0.15, 0.2) is 22.9 Å². The van der Waals surface area contributed by atoms with Crippen LogP contribution >= 0.6 is 15.9 Å². The van der Waals surface area contributed by atoms with Crippen LogP contribution < -0.4 is 5.73 Å². The second kappa shape index (κ2) is 5.25. The third-order valence-corrected chi connectivity index (χ3v) is 3.91. The number of halogens is 1. The van der Waals surface area contributed by atoms with Crippen LogP contribution in [0.3, 0.4) is 0 Å². The summed E-state index contributed by atoms with van der Waals surface area (Å²) in [5.41, 5.74) is 7.09. The Hall–Kier alpha value is -0.450. The quantitative estimate of drug-likeness (QED) is 0.922. The lowest BCUT2D eigenvalue weighted by molar-refractivity contribution is 0.113. The van der Waals surface area contributed by atoms with E-state index in [1.54, 1.807) is 6.20 Å². The average Bonchev–Trinajstić information content (AvgIpc) is 2.16. The molecule has 0 bridgehead atoms. The maximum atomic E-state index is 5.89. The maximum absolute atomic E-state index is 5.89. The van der Waals surface area contributed by atoms with E-state index < -0.39 is 0 Å². The molecule has 0 aromatic carbocycles. The molecular weight excluding hydrogens is 266 g/mol. The topological polar surface area (TPSA) is 42.1 Å². The molecule has 0 saturated heterocycles. The molecule has 2 rings (SSSR count). The second-order valence-corrected chi connectivity index (χ2v) is 5.35. The van der Waals surface area contributed by atoms with Gasteiger partial charge < -0.3 is 5.73 Å². The fourth-order valence-corrected chi connectivity index (χ4v) is 2.58. The molecule has 1 heterocycles. The van der Waals surface area contributed by atoms with E-state index in [0.29, 0.717) is 12.6 Å². The number of hydrogen-bond acceptors (Lipinski definition) is 3. The van der Waals surface area contributed by atoms with Crippen molar-refractivity contribution in [1.82, 2.24) is 9.88 Å². The Balaban J connectivity index is 2.14. The van der Waals surface area contributed by atoms with Gasteiger partial charge in [-0.2, -0.15) is 0 Å². The zero-order valence-corrected chi connectivity index (χ0v) is 11.2. The second-order valence-electron chi connectivity index (χ2n) is 4.44. The monoisotopic (exact) mass is 283 g/mol. The van der Waals surface area contributed by atoms with Gasteiger partial charge in [0.15, 0.2) is 0 Å². The van der Waals surface area contributed by atoms with E-state index in [1.165, 1.54) is 24.8 Å². The van der Waals surface area contributed by atoms with Crippen molar-refractivity contribution in [1.29, 1.82) is 0 Å². The Morgan fingerprint density at radius 3 is 2.81 bits per heavy atom. The summed E-state index contributed by atoms with van der Waals surface area (Å²) >= 11 is 3.46. The largest absolute Gasteiger partial charge is 0.329 e. The van der Waals surface area contributed by atoms with Gasteiger partial charge in [0.25, 0.3) is 0 Å². The van der Waals surface area contributed by atoms with Crippen molar-refractivity contribution in [3.63, 3.8) is 0 Å². The summed E-state index contributed by atoms with van der Waals surface area (Å²) in [7, 11) is 2.17. The van der Waals surface area contributed by atoms with Crippen molar-refractivity contribution in [2.24, 2.45) is 5.73 Å². The lowest BCUT2D eigenvalue weighted by Gasteiger charge is -2.39. The summed E-state index contributed by atoms with van der Waals surface area (Å²) < 4.78 is 1.02. The highest BCUT2D eigenvalue weighted by Gasteiger charge is 2.27. The smallest absolute Gasteiger partial charge is 0.0485 e. The Labute approximate surface area is 105 Å². The van der Waals surface area contributed by atoms with Crippen LogP contribution in [0.5, 0.6) is 0 Å². The summed E-state index contributed by atoms with van der Waals surface area (Å²) in [5.74, 6) is 0. The minimum atomic E-state index is 0.287. The van der Waals surface area contributed by atoms with E-state index in [-0.39, 0.29) is 6.04 Å². The molecule has 0 amide bonds. The summed E-state index contributed by atoms with van der Waals surface area (Å²) in [4.78, 5) is 6.61. The van der Waals surface area contributed by atoms with Gasteiger partial charge in [-0.1, -0.05) is 6.42 Å². The number of nitrogens with two attached hydrogens (primary N) is 1. The van der Waals surface area contributed by atoms with Crippen molar-refractivity contribution in [2.45, 2.75) is 31.3 Å². The van der Waals surface area contributed by atoms with Crippen molar-refractivity contribution < 1.29 is 0 Å². The minimum absolute atomic E-state index is 0.287. The third-order valence-electron chi connectivity index (χ3n) is 3.48. The fourth-order valence-electron chi connectivity index (χ4n) is 2.20. The highest BCUT2D eigenvalue weighted by Crippen LogP contribution is 2.30. The van der Waals surface area contributed by atoms with Crippen LogP contribution in [0.1, 0.15) is 30.9 Å². The highest BCUT2D eigenvalue weighted by molar-refractivity contribution is 9.10. The van der Waals surface area contributed by atoms with Crippen LogP contribution in [0.25, 0.3) is 0 Å². The van der Waals surface area contributed by atoms with Gasteiger partial charge in [0.2, 0.25) is 0 Å². The van der Waals surface area contributed by atoms with Gasteiger partial charge in [-0.25, -0.2) is 0 Å². The van der Waals surface area contributed by atoms with E-state index in [9.17, 15) is 0 Å². The van der Waals surface area contributed by atoms with E-state index in [4.69, 9.17) is 5.73 Å². The van der Waals surface area contributed by atoms with Crippen molar-refractivity contribution >= 4 is 15.9 Å². The van der Waals surface area contributed by atoms with Gasteiger partial charge >= 0.3 is 0 Å². The number of hydrogen-bond donors (Lipinski definition) is 1. The number of nitrogens with zero attached hydrogens (tertiary/aromatic N) is 2. The average molecular weight is 284 g/mol. The molecule has 88 valence electrons. The zero-order chi connectivity index (χ0) is 11.5. The molecule has 2 N–H and O–H groups in total. The summed E-state index contributed by atoms with van der Waals surface area (Å²) in [5, 5.41) is 0. The first-order chi connectivity index (χ1) is 7.72. The molecule has 1 fully saturated rings. The minimum Gasteiger partial charge on any atom is -0.329 e. The highest BCUT2D eigenvalue weighted by atomic mass is 79.9. The first kappa shape index (κ1) is 12.0. The molecule has 1 aromatic rings. The summed E-state index contributed by atoms with van der Waals surface area (Å²) in [6, 6.07) is 3.10. The molecule has 1 unspecified atom stereocenters. The van der Waals surface area contributed by atoms with Crippen LogP contribution in [-0.4, -0.2) is 29.5 Å². The number of rotatable bonds is 4. The lowest BCUT2D eigenvalue weighted by Crippen LogP contribution is -2.42. The molecule has 1 saturated carbocycles. The van der Waals surface area contributed by atoms with Gasteiger partial charge in [-0.05, 0) is 47.4 Å². The molecule has 3 nitrogen and oxygen atoms in total. The van der Waals surface area contributed by atoms with Gasteiger partial charge in [-0.3, -0.25) is 9.88 Å². The predicted molar refractivity (Wildman–Crippen MR) is 69.1 cm³/mol. The first-order valence-corrected chi connectivity index (χ1v) is 6.54. The van der Waals surface area contributed by atoms with Crippen LogP contribution in [0, 0.1) is 0 Å². The first-order valence-electron chi connectivity index (χ1n) is 5.75. The van der Waals surface area contributed by atoms with Crippen molar-refractivity contribution in [2.75, 3.05) is 13.6 Å². The molecular formula is C12H18BrN3. The summed E-state index contributed by atoms with van der Waals surface area (Å²) in [6.45, 7) is 0.644. The maximum Gasteiger partial charge on any atom is 0.0485 e. The Morgan fingerprint density at radius 2 is 2.31 bits per heavy atom. The molecule has 0 spiro atoms. The van der Waals surface area contributed by atoms with E-state index in [2.05, 4.69) is 38.9 Å². The number of pyridine rings is 1. The zero-order valence-electron chi connectivity index (χ0n) is 9.56. The van der Waals surface area contributed by atoms with Crippen LogP contribution in [-0.2, 0) is 0 Å². The van der Waals surface area contributed by atoms with Gasteiger partial charge in [0.1, 0.15) is 0 Å². The Kier molecular flexibility index (Phi) is 3.95. The molecule has 4 heteroatoms.